The monoisotopic (exact) mass is 238 g/mol. The maximum absolute atomic E-state index is 4.08. The molecule has 0 radical (unpaired) electrons. The minimum absolute atomic E-state index is 1.07. The third-order valence-corrected chi connectivity index (χ3v) is 2.92. The SMILES string of the molecule is C=C1C(=C)c2cccc3cccc1c23.CC.CC. The minimum Gasteiger partial charge on any atom is -0.0905 e. The molecule has 0 saturated carbocycles. The molecule has 0 nitrogen and oxygen atoms in total. The molecule has 18 heavy (non-hydrogen) atoms. The number of hydrogen-bond donors (Lipinski definition) is 0. The summed E-state index contributed by atoms with van der Waals surface area (Å²) in [5.41, 5.74) is 4.61. The van der Waals surface area contributed by atoms with Crippen molar-refractivity contribution in [1.82, 2.24) is 0 Å². The third-order valence-electron chi connectivity index (χ3n) is 2.92. The Hall–Kier alpha value is -1.82. The number of hydrogen-bond acceptors (Lipinski definition) is 0. The Balaban J connectivity index is 0.000000371. The molecule has 0 unspecified atom stereocenters. The zero-order valence-electron chi connectivity index (χ0n) is 11.9. The van der Waals surface area contributed by atoms with E-state index >= 15 is 0 Å². The molecule has 0 spiro atoms. The highest BCUT2D eigenvalue weighted by atomic mass is 14.2. The van der Waals surface area contributed by atoms with Crippen LogP contribution in [0.15, 0.2) is 49.6 Å². The molecule has 2 aromatic rings. The molecule has 0 bridgehead atoms. The fourth-order valence-electron chi connectivity index (χ4n) is 2.17. The van der Waals surface area contributed by atoms with Gasteiger partial charge in [0.1, 0.15) is 0 Å². The van der Waals surface area contributed by atoms with Crippen molar-refractivity contribution in [1.29, 1.82) is 0 Å². The highest BCUT2D eigenvalue weighted by Crippen LogP contribution is 2.43. The Morgan fingerprint density at radius 3 is 1.44 bits per heavy atom. The molecule has 0 N–H and O–H groups in total. The van der Waals surface area contributed by atoms with E-state index in [0.29, 0.717) is 0 Å². The quantitative estimate of drug-likeness (QED) is 0.533. The standard InChI is InChI=1S/C14H10.2C2H6/c1-9-10(2)13-8-4-6-11-5-3-7-12(9)14(11)13;2*1-2/h3-8H,1-2H2;2*1-2H3. The Morgan fingerprint density at radius 2 is 1.06 bits per heavy atom. The van der Waals surface area contributed by atoms with Crippen LogP contribution in [0.1, 0.15) is 38.8 Å². The molecule has 0 aromatic heterocycles. The van der Waals surface area contributed by atoms with E-state index in [0.717, 1.165) is 11.1 Å². The maximum atomic E-state index is 4.08. The van der Waals surface area contributed by atoms with Crippen LogP contribution in [0.4, 0.5) is 0 Å². The van der Waals surface area contributed by atoms with Gasteiger partial charge in [-0.1, -0.05) is 77.3 Å². The molecule has 0 saturated heterocycles. The molecule has 0 heteroatoms. The maximum Gasteiger partial charge on any atom is -0.00268 e. The Kier molecular flexibility index (Phi) is 4.91. The summed E-state index contributed by atoms with van der Waals surface area (Å²) in [5, 5.41) is 2.59. The topological polar surface area (TPSA) is 0 Å². The Labute approximate surface area is 111 Å². The van der Waals surface area contributed by atoms with Crippen molar-refractivity contribution in [3.63, 3.8) is 0 Å². The average molecular weight is 238 g/mol. The van der Waals surface area contributed by atoms with Gasteiger partial charge in [0, 0.05) is 0 Å². The van der Waals surface area contributed by atoms with Crippen molar-refractivity contribution < 1.29 is 0 Å². The minimum atomic E-state index is 1.07. The van der Waals surface area contributed by atoms with Gasteiger partial charge in [0.25, 0.3) is 0 Å². The lowest BCUT2D eigenvalue weighted by Crippen LogP contribution is -1.76. The summed E-state index contributed by atoms with van der Waals surface area (Å²) in [6, 6.07) is 12.7. The molecular weight excluding hydrogens is 216 g/mol. The summed E-state index contributed by atoms with van der Waals surface area (Å²) in [6.45, 7) is 16.2. The van der Waals surface area contributed by atoms with Crippen molar-refractivity contribution in [3.05, 3.63) is 60.7 Å². The van der Waals surface area contributed by atoms with Crippen LogP contribution in [0.25, 0.3) is 21.9 Å². The average Bonchev–Trinajstić information content (AvgIpc) is 2.71. The van der Waals surface area contributed by atoms with Gasteiger partial charge in [0.2, 0.25) is 0 Å². The fourth-order valence-corrected chi connectivity index (χ4v) is 2.17. The second-order valence-electron chi connectivity index (χ2n) is 3.67. The lowest BCUT2D eigenvalue weighted by Gasteiger charge is -1.99. The van der Waals surface area contributed by atoms with E-state index in [-0.39, 0.29) is 0 Å². The van der Waals surface area contributed by atoms with Crippen molar-refractivity contribution in [3.8, 4) is 0 Å². The molecular formula is C18H22. The predicted molar refractivity (Wildman–Crippen MR) is 84.7 cm³/mol. The van der Waals surface area contributed by atoms with Gasteiger partial charge in [-0.05, 0) is 33.0 Å². The van der Waals surface area contributed by atoms with E-state index in [4.69, 9.17) is 0 Å². The van der Waals surface area contributed by atoms with E-state index < -0.39 is 0 Å². The van der Waals surface area contributed by atoms with Crippen molar-refractivity contribution in [2.75, 3.05) is 0 Å². The third kappa shape index (κ3) is 2.11. The van der Waals surface area contributed by atoms with Crippen molar-refractivity contribution in [2.45, 2.75) is 27.7 Å². The lowest BCUT2D eigenvalue weighted by atomic mass is 10.1. The zero-order valence-corrected chi connectivity index (χ0v) is 11.9. The first kappa shape index (κ1) is 14.2. The van der Waals surface area contributed by atoms with Gasteiger partial charge in [-0.3, -0.25) is 0 Å². The first-order valence-electron chi connectivity index (χ1n) is 6.70. The normalized spacial score (nSPS) is 11.6. The van der Waals surface area contributed by atoms with E-state index in [1.165, 1.54) is 21.9 Å². The molecule has 0 heterocycles. The second-order valence-corrected chi connectivity index (χ2v) is 3.67. The number of rotatable bonds is 0. The molecule has 0 amide bonds. The summed E-state index contributed by atoms with van der Waals surface area (Å²) in [5.74, 6) is 0. The molecule has 1 aliphatic rings. The van der Waals surface area contributed by atoms with Gasteiger partial charge in [-0.2, -0.15) is 0 Å². The molecule has 3 rings (SSSR count). The summed E-state index contributed by atoms with van der Waals surface area (Å²) in [4.78, 5) is 0. The molecule has 0 atom stereocenters. The van der Waals surface area contributed by atoms with Gasteiger partial charge in [0.05, 0.1) is 0 Å². The first-order chi connectivity index (χ1) is 8.79. The summed E-state index contributed by atoms with van der Waals surface area (Å²) in [7, 11) is 0. The molecule has 2 aromatic carbocycles. The predicted octanol–water partition coefficient (Wildman–Crippen LogP) is 5.93. The first-order valence-corrected chi connectivity index (χ1v) is 6.70. The highest BCUT2D eigenvalue weighted by Gasteiger charge is 2.19. The van der Waals surface area contributed by atoms with Gasteiger partial charge in [-0.15, -0.1) is 0 Å². The fraction of sp³-hybridized carbons (Fsp3) is 0.222. The lowest BCUT2D eigenvalue weighted by molar-refractivity contribution is 1.50. The van der Waals surface area contributed by atoms with Crippen molar-refractivity contribution in [2.24, 2.45) is 0 Å². The zero-order chi connectivity index (χ0) is 13.7. The van der Waals surface area contributed by atoms with E-state index in [1.54, 1.807) is 0 Å². The molecule has 0 aliphatic heterocycles. The second kappa shape index (κ2) is 6.20. The summed E-state index contributed by atoms with van der Waals surface area (Å²) in [6.07, 6.45) is 0. The number of benzene rings is 2. The molecule has 94 valence electrons. The van der Waals surface area contributed by atoms with Crippen LogP contribution in [0, 0.1) is 0 Å². The van der Waals surface area contributed by atoms with Crippen LogP contribution in [0.5, 0.6) is 0 Å². The van der Waals surface area contributed by atoms with Gasteiger partial charge in [0.15, 0.2) is 0 Å². The summed E-state index contributed by atoms with van der Waals surface area (Å²) < 4.78 is 0. The van der Waals surface area contributed by atoms with Crippen LogP contribution in [0.3, 0.4) is 0 Å². The summed E-state index contributed by atoms with van der Waals surface area (Å²) >= 11 is 0. The van der Waals surface area contributed by atoms with Crippen LogP contribution < -0.4 is 0 Å². The van der Waals surface area contributed by atoms with E-state index in [1.807, 2.05) is 27.7 Å². The van der Waals surface area contributed by atoms with Crippen LogP contribution in [-0.4, -0.2) is 0 Å². The highest BCUT2D eigenvalue weighted by molar-refractivity contribution is 6.20. The van der Waals surface area contributed by atoms with E-state index in [9.17, 15) is 0 Å². The smallest absolute Gasteiger partial charge is 0.00268 e. The molecule has 1 aliphatic carbocycles. The van der Waals surface area contributed by atoms with Crippen LogP contribution in [-0.2, 0) is 0 Å². The van der Waals surface area contributed by atoms with E-state index in [2.05, 4.69) is 49.6 Å². The van der Waals surface area contributed by atoms with Crippen LogP contribution in [0.2, 0.25) is 0 Å². The van der Waals surface area contributed by atoms with Gasteiger partial charge < -0.3 is 0 Å². The van der Waals surface area contributed by atoms with Crippen molar-refractivity contribution >= 4 is 21.9 Å². The molecule has 0 fully saturated rings. The Morgan fingerprint density at radius 1 is 0.667 bits per heavy atom. The van der Waals surface area contributed by atoms with Gasteiger partial charge in [-0.25, -0.2) is 0 Å². The van der Waals surface area contributed by atoms with Crippen LogP contribution >= 0.6 is 0 Å². The Bertz CT molecular complexity index is 525. The number of allylic oxidation sites excluding steroid dienone is 2. The van der Waals surface area contributed by atoms with Gasteiger partial charge >= 0.3 is 0 Å². The largest absolute Gasteiger partial charge is 0.0905 e.